The SMILES string of the molecule is CC(C)(C)C(O)n1ncc2ccccc21. The van der Waals surface area contributed by atoms with E-state index in [0.29, 0.717) is 0 Å². The third-order valence-corrected chi connectivity index (χ3v) is 2.51. The number of aromatic nitrogens is 2. The summed E-state index contributed by atoms with van der Waals surface area (Å²) in [5.74, 6) is 0. The Labute approximate surface area is 89.3 Å². The molecule has 1 unspecified atom stereocenters. The minimum absolute atomic E-state index is 0.214. The van der Waals surface area contributed by atoms with Gasteiger partial charge in [-0.2, -0.15) is 5.10 Å². The summed E-state index contributed by atoms with van der Waals surface area (Å²) < 4.78 is 1.68. The van der Waals surface area contributed by atoms with Gasteiger partial charge in [0.25, 0.3) is 0 Å². The van der Waals surface area contributed by atoms with Crippen LogP contribution >= 0.6 is 0 Å². The monoisotopic (exact) mass is 204 g/mol. The summed E-state index contributed by atoms with van der Waals surface area (Å²) in [6.45, 7) is 5.98. The maximum Gasteiger partial charge on any atom is 0.152 e. The first-order chi connectivity index (χ1) is 7.00. The van der Waals surface area contributed by atoms with Crippen LogP contribution in [-0.4, -0.2) is 14.9 Å². The molecule has 80 valence electrons. The van der Waals surface area contributed by atoms with E-state index >= 15 is 0 Å². The van der Waals surface area contributed by atoms with Gasteiger partial charge < -0.3 is 5.11 Å². The van der Waals surface area contributed by atoms with Crippen molar-refractivity contribution in [2.75, 3.05) is 0 Å². The molecule has 3 nitrogen and oxygen atoms in total. The average molecular weight is 204 g/mol. The Bertz CT molecular complexity index is 468. The van der Waals surface area contributed by atoms with Gasteiger partial charge >= 0.3 is 0 Å². The molecule has 0 aliphatic heterocycles. The summed E-state index contributed by atoms with van der Waals surface area (Å²) >= 11 is 0. The number of fused-ring (bicyclic) bond motifs is 1. The zero-order chi connectivity index (χ0) is 11.1. The molecule has 1 atom stereocenters. The van der Waals surface area contributed by atoms with Crippen LogP contribution in [0.25, 0.3) is 10.9 Å². The molecule has 1 aromatic heterocycles. The Morgan fingerprint density at radius 3 is 2.60 bits per heavy atom. The van der Waals surface area contributed by atoms with Crippen molar-refractivity contribution in [2.45, 2.75) is 27.0 Å². The lowest BCUT2D eigenvalue weighted by molar-refractivity contribution is -0.00641. The van der Waals surface area contributed by atoms with Crippen molar-refractivity contribution in [3.8, 4) is 0 Å². The lowest BCUT2D eigenvalue weighted by Crippen LogP contribution is -2.24. The van der Waals surface area contributed by atoms with Gasteiger partial charge in [-0.1, -0.05) is 39.0 Å². The first kappa shape index (κ1) is 10.2. The van der Waals surface area contributed by atoms with E-state index in [9.17, 15) is 5.11 Å². The van der Waals surface area contributed by atoms with E-state index in [1.54, 1.807) is 10.9 Å². The Hall–Kier alpha value is -1.35. The van der Waals surface area contributed by atoms with Crippen LogP contribution in [0.1, 0.15) is 27.0 Å². The smallest absolute Gasteiger partial charge is 0.152 e. The Morgan fingerprint density at radius 1 is 1.27 bits per heavy atom. The van der Waals surface area contributed by atoms with Gasteiger partial charge in [-0.15, -0.1) is 0 Å². The Kier molecular flexibility index (Phi) is 2.27. The second-order valence-electron chi connectivity index (χ2n) is 4.89. The van der Waals surface area contributed by atoms with Crippen molar-refractivity contribution in [3.05, 3.63) is 30.5 Å². The second kappa shape index (κ2) is 3.35. The van der Waals surface area contributed by atoms with Gasteiger partial charge in [0.15, 0.2) is 6.23 Å². The van der Waals surface area contributed by atoms with Crippen LogP contribution in [0.4, 0.5) is 0 Å². The van der Waals surface area contributed by atoms with Gasteiger partial charge in [-0.3, -0.25) is 0 Å². The minimum Gasteiger partial charge on any atom is -0.371 e. The molecule has 15 heavy (non-hydrogen) atoms. The number of para-hydroxylation sites is 1. The number of aliphatic hydroxyl groups excluding tert-OH is 1. The first-order valence-corrected chi connectivity index (χ1v) is 5.10. The van der Waals surface area contributed by atoms with Gasteiger partial charge in [0, 0.05) is 10.8 Å². The molecule has 0 amide bonds. The van der Waals surface area contributed by atoms with Crippen LogP contribution in [0.3, 0.4) is 0 Å². The van der Waals surface area contributed by atoms with Crippen molar-refractivity contribution in [1.29, 1.82) is 0 Å². The van der Waals surface area contributed by atoms with Crippen molar-refractivity contribution in [3.63, 3.8) is 0 Å². The van der Waals surface area contributed by atoms with E-state index in [1.807, 2.05) is 45.0 Å². The normalized spacial score (nSPS) is 14.4. The standard InChI is InChI=1S/C12H16N2O/c1-12(2,3)11(15)14-10-7-5-4-6-9(10)8-13-14/h4-8,11,15H,1-3H3. The number of hydrogen-bond donors (Lipinski definition) is 1. The summed E-state index contributed by atoms with van der Waals surface area (Å²) in [5, 5.41) is 15.4. The molecule has 0 bridgehead atoms. The molecule has 1 N–H and O–H groups in total. The molecule has 1 heterocycles. The molecule has 0 radical (unpaired) electrons. The summed E-state index contributed by atoms with van der Waals surface area (Å²) in [7, 11) is 0. The van der Waals surface area contributed by atoms with Crippen molar-refractivity contribution in [2.24, 2.45) is 5.41 Å². The van der Waals surface area contributed by atoms with Gasteiger partial charge in [0.2, 0.25) is 0 Å². The zero-order valence-corrected chi connectivity index (χ0v) is 9.31. The number of hydrogen-bond acceptors (Lipinski definition) is 2. The molecule has 0 fully saturated rings. The average Bonchev–Trinajstić information content (AvgIpc) is 2.58. The van der Waals surface area contributed by atoms with E-state index in [2.05, 4.69) is 5.10 Å². The summed E-state index contributed by atoms with van der Waals surface area (Å²) in [4.78, 5) is 0. The fraction of sp³-hybridized carbons (Fsp3) is 0.417. The van der Waals surface area contributed by atoms with E-state index in [4.69, 9.17) is 0 Å². The van der Waals surface area contributed by atoms with Crippen LogP contribution in [0.15, 0.2) is 30.5 Å². The van der Waals surface area contributed by atoms with Crippen LogP contribution in [0.2, 0.25) is 0 Å². The summed E-state index contributed by atoms with van der Waals surface area (Å²) in [5.41, 5.74) is 0.759. The molecule has 0 saturated heterocycles. The molecule has 2 rings (SSSR count). The molecular weight excluding hydrogens is 188 g/mol. The maximum atomic E-state index is 10.1. The van der Waals surface area contributed by atoms with Gasteiger partial charge in [-0.05, 0) is 6.07 Å². The van der Waals surface area contributed by atoms with E-state index < -0.39 is 6.23 Å². The summed E-state index contributed by atoms with van der Waals surface area (Å²) in [6.07, 6.45) is 1.18. The molecule has 3 heteroatoms. The van der Waals surface area contributed by atoms with Crippen LogP contribution in [0.5, 0.6) is 0 Å². The first-order valence-electron chi connectivity index (χ1n) is 5.10. The number of aliphatic hydroxyl groups is 1. The fourth-order valence-electron chi connectivity index (χ4n) is 1.55. The van der Waals surface area contributed by atoms with Gasteiger partial charge in [-0.25, -0.2) is 4.68 Å². The van der Waals surface area contributed by atoms with Gasteiger partial charge in [0.05, 0.1) is 11.7 Å². The van der Waals surface area contributed by atoms with Crippen LogP contribution in [0, 0.1) is 5.41 Å². The molecular formula is C12H16N2O. The Morgan fingerprint density at radius 2 is 1.93 bits per heavy atom. The van der Waals surface area contributed by atoms with Crippen molar-refractivity contribution >= 4 is 10.9 Å². The number of rotatable bonds is 1. The molecule has 0 saturated carbocycles. The van der Waals surface area contributed by atoms with Gasteiger partial charge in [0.1, 0.15) is 0 Å². The number of nitrogens with zero attached hydrogens (tertiary/aromatic N) is 2. The lowest BCUT2D eigenvalue weighted by Gasteiger charge is -2.26. The largest absolute Gasteiger partial charge is 0.371 e. The minimum atomic E-state index is -0.600. The molecule has 1 aromatic carbocycles. The molecule has 2 aromatic rings. The highest BCUT2D eigenvalue weighted by atomic mass is 16.3. The van der Waals surface area contributed by atoms with E-state index in [1.165, 1.54) is 0 Å². The number of benzene rings is 1. The van der Waals surface area contributed by atoms with Crippen LogP contribution in [-0.2, 0) is 0 Å². The predicted octanol–water partition coefficient (Wildman–Crippen LogP) is 2.57. The highest BCUT2D eigenvalue weighted by molar-refractivity contribution is 5.78. The molecule has 0 aliphatic rings. The Balaban J connectivity index is 2.53. The quantitative estimate of drug-likeness (QED) is 0.775. The molecule has 0 spiro atoms. The predicted molar refractivity (Wildman–Crippen MR) is 60.4 cm³/mol. The zero-order valence-electron chi connectivity index (χ0n) is 9.31. The van der Waals surface area contributed by atoms with E-state index in [0.717, 1.165) is 10.9 Å². The highest BCUT2D eigenvalue weighted by Gasteiger charge is 2.25. The van der Waals surface area contributed by atoms with Crippen LogP contribution < -0.4 is 0 Å². The summed E-state index contributed by atoms with van der Waals surface area (Å²) in [6, 6.07) is 7.89. The van der Waals surface area contributed by atoms with Crippen molar-refractivity contribution < 1.29 is 5.11 Å². The third-order valence-electron chi connectivity index (χ3n) is 2.51. The van der Waals surface area contributed by atoms with E-state index in [-0.39, 0.29) is 5.41 Å². The topological polar surface area (TPSA) is 38.0 Å². The maximum absolute atomic E-state index is 10.1. The second-order valence-corrected chi connectivity index (χ2v) is 4.89. The fourth-order valence-corrected chi connectivity index (χ4v) is 1.55. The third kappa shape index (κ3) is 1.75. The lowest BCUT2D eigenvalue weighted by atomic mass is 9.94. The highest BCUT2D eigenvalue weighted by Crippen LogP contribution is 2.29. The molecule has 0 aliphatic carbocycles. The van der Waals surface area contributed by atoms with Crippen molar-refractivity contribution in [1.82, 2.24) is 9.78 Å².